The van der Waals surface area contributed by atoms with Crippen molar-refractivity contribution in [3.8, 4) is 23.0 Å². The predicted octanol–water partition coefficient (Wildman–Crippen LogP) is 5.54. The van der Waals surface area contributed by atoms with Gasteiger partial charge in [-0.05, 0) is 73.2 Å². The second kappa shape index (κ2) is 10.7. The molecule has 5 aromatic rings. The number of aryl methyl sites for hydroxylation is 1. The van der Waals surface area contributed by atoms with Gasteiger partial charge in [0.1, 0.15) is 35.7 Å². The highest BCUT2D eigenvalue weighted by Crippen LogP contribution is 2.44. The number of aromatic nitrogens is 4. The maximum Gasteiger partial charge on any atom is 0.319 e. The Kier molecular flexibility index (Phi) is 6.59. The van der Waals surface area contributed by atoms with Crippen molar-refractivity contribution in [1.82, 2.24) is 29.6 Å². The molecule has 4 saturated heterocycles. The van der Waals surface area contributed by atoms with E-state index >= 15 is 8.78 Å². The van der Waals surface area contributed by atoms with E-state index < -0.39 is 23.3 Å². The van der Waals surface area contributed by atoms with Gasteiger partial charge in [-0.1, -0.05) is 13.0 Å². The van der Waals surface area contributed by atoms with E-state index in [0.717, 1.165) is 32.2 Å². The largest absolute Gasteiger partial charge is 0.508 e. The molecule has 3 aromatic heterocycles. The van der Waals surface area contributed by atoms with Crippen LogP contribution in [0.5, 0.6) is 11.8 Å². The molecule has 0 saturated carbocycles. The summed E-state index contributed by atoms with van der Waals surface area (Å²) in [5.74, 6) is -0.552. The van der Waals surface area contributed by atoms with E-state index in [1.807, 2.05) is 6.92 Å². The second-order valence-electron chi connectivity index (χ2n) is 13.7. The summed E-state index contributed by atoms with van der Waals surface area (Å²) in [5, 5.41) is 16.1. The summed E-state index contributed by atoms with van der Waals surface area (Å²) < 4.78 is 55.1. The van der Waals surface area contributed by atoms with Crippen molar-refractivity contribution < 1.29 is 23.0 Å². The average Bonchev–Trinajstić information content (AvgIpc) is 3.83. The summed E-state index contributed by atoms with van der Waals surface area (Å²) >= 11 is 0. The quantitative estimate of drug-likeness (QED) is 0.250. The fourth-order valence-electron chi connectivity index (χ4n) is 8.89. The number of phenolic OH excluding ortho intramolecular Hbond substituents is 1. The summed E-state index contributed by atoms with van der Waals surface area (Å²) in [6, 6.07) is 6.62. The predicted molar refractivity (Wildman–Crippen MR) is 173 cm³/mol. The van der Waals surface area contributed by atoms with Crippen molar-refractivity contribution in [3.05, 3.63) is 54.0 Å². The van der Waals surface area contributed by atoms with Gasteiger partial charge in [-0.15, -0.1) is 0 Å². The Hall–Kier alpha value is -4.16. The molecule has 0 unspecified atom stereocenters. The summed E-state index contributed by atoms with van der Waals surface area (Å²) in [4.78, 5) is 18.4. The van der Waals surface area contributed by atoms with Gasteiger partial charge in [0.05, 0.1) is 34.7 Å². The summed E-state index contributed by atoms with van der Waals surface area (Å²) in [5.41, 5.74) is 1.09. The van der Waals surface area contributed by atoms with Crippen molar-refractivity contribution in [2.24, 2.45) is 0 Å². The molecule has 4 fully saturated rings. The molecular weight excluding hydrogens is 607 g/mol. The molecular formula is C35H36F3N7O2. The van der Waals surface area contributed by atoms with Gasteiger partial charge in [-0.2, -0.15) is 9.97 Å². The topological polar surface area (TPSA) is 91.1 Å². The minimum atomic E-state index is -0.909. The molecule has 9 rings (SSSR count). The fraction of sp³-hybridized carbons (Fsp3) is 0.457. The van der Waals surface area contributed by atoms with E-state index in [2.05, 4.69) is 20.1 Å². The maximum absolute atomic E-state index is 17.4. The smallest absolute Gasteiger partial charge is 0.319 e. The third kappa shape index (κ3) is 4.47. The zero-order valence-corrected chi connectivity index (χ0v) is 26.1. The van der Waals surface area contributed by atoms with Gasteiger partial charge in [-0.25, -0.2) is 18.2 Å². The van der Waals surface area contributed by atoms with Crippen LogP contribution >= 0.6 is 0 Å². The van der Waals surface area contributed by atoms with Crippen LogP contribution in [0.15, 0.2) is 36.8 Å². The van der Waals surface area contributed by atoms with Crippen LogP contribution in [0.1, 0.15) is 44.6 Å². The first-order valence-corrected chi connectivity index (χ1v) is 16.6. The first kappa shape index (κ1) is 29.0. The van der Waals surface area contributed by atoms with Gasteiger partial charge >= 0.3 is 6.01 Å². The van der Waals surface area contributed by atoms with E-state index in [1.54, 1.807) is 22.7 Å². The number of nitrogens with one attached hydrogen (secondary N) is 1. The molecule has 0 spiro atoms. The number of nitrogens with zero attached hydrogens (tertiary/aromatic N) is 6. The molecule has 0 radical (unpaired) electrons. The van der Waals surface area contributed by atoms with Gasteiger partial charge < -0.3 is 20.1 Å². The van der Waals surface area contributed by atoms with E-state index in [9.17, 15) is 9.50 Å². The SMILES string of the molecule is CCc1c(F)ccc2cc(O)cc(-c3c(F)c4nc(OC[C@@]56CCCN5C[C@H](F)C6)nc(N5C[C@H]6CC[C@@H](C5)N6)c4c4cncn34)c12. The van der Waals surface area contributed by atoms with Gasteiger partial charge in [0, 0.05) is 43.7 Å². The van der Waals surface area contributed by atoms with Gasteiger partial charge in [0.2, 0.25) is 0 Å². The average molecular weight is 644 g/mol. The van der Waals surface area contributed by atoms with Crippen molar-refractivity contribution in [2.45, 2.75) is 69.2 Å². The van der Waals surface area contributed by atoms with Crippen molar-refractivity contribution in [3.63, 3.8) is 0 Å². The normalized spacial score (nSPS) is 25.9. The molecule has 0 aliphatic carbocycles. The van der Waals surface area contributed by atoms with Crippen molar-refractivity contribution in [1.29, 1.82) is 0 Å². The Labute approximate surface area is 269 Å². The van der Waals surface area contributed by atoms with E-state index in [-0.39, 0.29) is 29.6 Å². The van der Waals surface area contributed by atoms with Crippen LogP contribution in [0.3, 0.4) is 0 Å². The zero-order valence-electron chi connectivity index (χ0n) is 26.1. The van der Waals surface area contributed by atoms with Crippen LogP contribution in [-0.4, -0.2) is 85.9 Å². The van der Waals surface area contributed by atoms with Crippen LogP contribution in [0.4, 0.5) is 19.0 Å². The number of ether oxygens (including phenoxy) is 1. The molecule has 7 heterocycles. The highest BCUT2D eigenvalue weighted by atomic mass is 19.1. The Bertz CT molecular complexity index is 2060. The molecule has 4 atom stereocenters. The number of pyridine rings is 1. The Balaban J connectivity index is 1.27. The van der Waals surface area contributed by atoms with Crippen LogP contribution in [0, 0.1) is 11.6 Å². The van der Waals surface area contributed by atoms with Crippen LogP contribution in [0.2, 0.25) is 0 Å². The number of alkyl halides is 1. The molecule has 2 N–H and O–H groups in total. The maximum atomic E-state index is 17.4. The number of anilines is 1. The van der Waals surface area contributed by atoms with Gasteiger partial charge in [0.15, 0.2) is 5.82 Å². The van der Waals surface area contributed by atoms with Crippen molar-refractivity contribution in [2.75, 3.05) is 37.7 Å². The lowest BCUT2D eigenvalue weighted by atomic mass is 9.94. The lowest BCUT2D eigenvalue weighted by Gasteiger charge is -2.35. The highest BCUT2D eigenvalue weighted by molar-refractivity contribution is 6.07. The number of imidazole rings is 1. The molecule has 0 amide bonds. The third-order valence-electron chi connectivity index (χ3n) is 10.9. The lowest BCUT2D eigenvalue weighted by Crippen LogP contribution is -2.51. The number of fused-ring (bicyclic) bond motifs is 7. The second-order valence-corrected chi connectivity index (χ2v) is 13.7. The Morgan fingerprint density at radius 1 is 1.09 bits per heavy atom. The molecule has 2 bridgehead atoms. The number of halogens is 3. The van der Waals surface area contributed by atoms with Crippen LogP contribution in [0.25, 0.3) is 38.4 Å². The molecule has 2 aromatic carbocycles. The highest BCUT2D eigenvalue weighted by Gasteiger charge is 2.49. The zero-order chi connectivity index (χ0) is 32.0. The first-order chi connectivity index (χ1) is 22.8. The summed E-state index contributed by atoms with van der Waals surface area (Å²) in [6.45, 7) is 4.68. The number of aromatic hydroxyl groups is 1. The monoisotopic (exact) mass is 643 g/mol. The molecule has 47 heavy (non-hydrogen) atoms. The van der Waals surface area contributed by atoms with Gasteiger partial charge in [0.25, 0.3) is 0 Å². The Morgan fingerprint density at radius 2 is 1.91 bits per heavy atom. The summed E-state index contributed by atoms with van der Waals surface area (Å²) in [7, 11) is 0. The van der Waals surface area contributed by atoms with Gasteiger partial charge in [-0.3, -0.25) is 9.30 Å². The van der Waals surface area contributed by atoms with E-state index in [4.69, 9.17) is 14.7 Å². The van der Waals surface area contributed by atoms with E-state index in [1.165, 1.54) is 18.5 Å². The number of hydrogen-bond acceptors (Lipinski definition) is 8. The molecule has 4 aliphatic heterocycles. The summed E-state index contributed by atoms with van der Waals surface area (Å²) in [6.07, 6.45) is 6.96. The van der Waals surface area contributed by atoms with E-state index in [0.29, 0.717) is 83.2 Å². The number of rotatable bonds is 6. The fourth-order valence-corrected chi connectivity index (χ4v) is 8.89. The molecule has 4 aliphatic rings. The standard InChI is InChI=1S/C35H36F3N7O2/c1-2-24-26(37)7-4-19-10-23(46)11-25(28(19)24)32-30(38)31-29(27-13-39-18-45(27)32)33(43-15-21-5-6-22(16-43)40-21)42-34(41-31)47-17-35-8-3-9-44(35)14-20(36)12-35/h4,7,10-11,13,18,20-22,40,46H,2-3,5-6,8-9,12,14-17H2,1H3/t20-,21-,22+,35+/m1/s1. The number of benzene rings is 2. The number of piperazine rings is 1. The molecule has 12 heteroatoms. The molecule has 244 valence electrons. The minimum absolute atomic E-state index is 0.0386. The first-order valence-electron chi connectivity index (χ1n) is 16.6. The van der Waals surface area contributed by atoms with Crippen LogP contribution < -0.4 is 15.0 Å². The minimum Gasteiger partial charge on any atom is -0.508 e. The third-order valence-corrected chi connectivity index (χ3v) is 10.9. The van der Waals surface area contributed by atoms with Crippen LogP contribution in [-0.2, 0) is 6.42 Å². The Morgan fingerprint density at radius 3 is 2.72 bits per heavy atom. The number of phenols is 1. The molecule has 9 nitrogen and oxygen atoms in total. The lowest BCUT2D eigenvalue weighted by molar-refractivity contribution is 0.107. The van der Waals surface area contributed by atoms with Crippen molar-refractivity contribution >= 4 is 33.0 Å². The number of hydrogen-bond donors (Lipinski definition) is 2.